The molecular formula is C15H24N4O2. The molecule has 1 atom stereocenters. The topological polar surface area (TPSA) is 67.4 Å². The summed E-state index contributed by atoms with van der Waals surface area (Å²) in [4.78, 5) is 22.1. The molecule has 116 valence electrons. The summed E-state index contributed by atoms with van der Waals surface area (Å²) < 4.78 is 5.71. The van der Waals surface area contributed by atoms with E-state index in [0.717, 1.165) is 29.3 Å². The molecular weight excluding hydrogens is 268 g/mol. The van der Waals surface area contributed by atoms with E-state index in [-0.39, 0.29) is 12.0 Å². The zero-order valence-corrected chi connectivity index (χ0v) is 13.3. The highest BCUT2D eigenvalue weighted by Crippen LogP contribution is 2.17. The van der Waals surface area contributed by atoms with Gasteiger partial charge >= 0.3 is 0 Å². The molecule has 0 spiro atoms. The predicted octanol–water partition coefficient (Wildman–Crippen LogP) is 1.32. The molecule has 1 saturated heterocycles. The molecule has 2 heterocycles. The van der Waals surface area contributed by atoms with Crippen LogP contribution in [0.5, 0.6) is 0 Å². The minimum atomic E-state index is 0.00272. The third-order valence-electron chi connectivity index (χ3n) is 3.76. The minimum Gasteiger partial charge on any atom is -0.373 e. The molecule has 1 aromatic heterocycles. The molecule has 0 saturated carbocycles. The monoisotopic (exact) mass is 292 g/mol. The van der Waals surface area contributed by atoms with E-state index in [0.29, 0.717) is 26.2 Å². The molecule has 6 nitrogen and oxygen atoms in total. The number of rotatable bonds is 4. The van der Waals surface area contributed by atoms with Crippen molar-refractivity contribution < 1.29 is 9.53 Å². The number of anilines is 1. The summed E-state index contributed by atoms with van der Waals surface area (Å²) in [5.74, 6) is 1.75. The minimum absolute atomic E-state index is 0.00272. The van der Waals surface area contributed by atoms with Crippen LogP contribution < -0.4 is 5.32 Å². The average molecular weight is 292 g/mol. The molecule has 21 heavy (non-hydrogen) atoms. The fourth-order valence-electron chi connectivity index (χ4n) is 2.64. The van der Waals surface area contributed by atoms with Crippen LogP contribution in [0.2, 0.25) is 0 Å². The second kappa shape index (κ2) is 6.85. The van der Waals surface area contributed by atoms with Gasteiger partial charge in [-0.3, -0.25) is 4.79 Å². The third kappa shape index (κ3) is 3.91. The Morgan fingerprint density at radius 3 is 2.86 bits per heavy atom. The highest BCUT2D eigenvalue weighted by Gasteiger charge is 2.22. The quantitative estimate of drug-likeness (QED) is 0.906. The average Bonchev–Trinajstić information content (AvgIpc) is 2.45. The van der Waals surface area contributed by atoms with Crippen molar-refractivity contribution in [1.29, 1.82) is 0 Å². The van der Waals surface area contributed by atoms with Crippen molar-refractivity contribution in [2.75, 3.05) is 31.6 Å². The Hall–Kier alpha value is -1.69. The first-order chi connectivity index (χ1) is 10.0. The van der Waals surface area contributed by atoms with Gasteiger partial charge in [0.1, 0.15) is 11.6 Å². The Morgan fingerprint density at radius 2 is 2.19 bits per heavy atom. The van der Waals surface area contributed by atoms with Crippen molar-refractivity contribution in [3.63, 3.8) is 0 Å². The maximum Gasteiger partial charge on any atom is 0.219 e. The van der Waals surface area contributed by atoms with Crippen LogP contribution >= 0.6 is 0 Å². The van der Waals surface area contributed by atoms with Gasteiger partial charge in [-0.05, 0) is 20.3 Å². The number of hydrogen-bond donors (Lipinski definition) is 1. The summed E-state index contributed by atoms with van der Waals surface area (Å²) in [5, 5.41) is 3.36. The number of carbonyl (C=O) groups excluding carboxylic acids is 1. The SMILES string of the molecule is CCc1c(C)nc(C)nc1NC[C@H]1CN(C(C)=O)CCO1. The number of nitrogens with one attached hydrogen (secondary N) is 1. The second-order valence-electron chi connectivity index (χ2n) is 5.38. The Bertz CT molecular complexity index is 519. The number of carbonyl (C=O) groups is 1. The largest absolute Gasteiger partial charge is 0.373 e. The van der Waals surface area contributed by atoms with Gasteiger partial charge < -0.3 is 15.0 Å². The van der Waals surface area contributed by atoms with Crippen molar-refractivity contribution in [2.45, 2.75) is 40.2 Å². The van der Waals surface area contributed by atoms with E-state index < -0.39 is 0 Å². The van der Waals surface area contributed by atoms with Crippen molar-refractivity contribution >= 4 is 11.7 Å². The number of aryl methyl sites for hydroxylation is 2. The maximum absolute atomic E-state index is 11.4. The Balaban J connectivity index is 2.01. The molecule has 0 unspecified atom stereocenters. The maximum atomic E-state index is 11.4. The fraction of sp³-hybridized carbons (Fsp3) is 0.667. The zero-order chi connectivity index (χ0) is 15.4. The van der Waals surface area contributed by atoms with Gasteiger partial charge in [0.25, 0.3) is 0 Å². The molecule has 1 aromatic rings. The smallest absolute Gasteiger partial charge is 0.219 e. The van der Waals surface area contributed by atoms with E-state index >= 15 is 0 Å². The second-order valence-corrected chi connectivity index (χ2v) is 5.38. The van der Waals surface area contributed by atoms with Crippen molar-refractivity contribution in [3.05, 3.63) is 17.1 Å². The first-order valence-corrected chi connectivity index (χ1v) is 7.46. The molecule has 0 aromatic carbocycles. The van der Waals surface area contributed by atoms with E-state index in [1.165, 1.54) is 0 Å². The van der Waals surface area contributed by atoms with Crippen LogP contribution in [-0.2, 0) is 16.0 Å². The molecule has 0 aliphatic carbocycles. The first kappa shape index (κ1) is 15.7. The van der Waals surface area contributed by atoms with E-state index in [1.54, 1.807) is 6.92 Å². The lowest BCUT2D eigenvalue weighted by atomic mass is 10.1. The van der Waals surface area contributed by atoms with Crippen LogP contribution in [0.3, 0.4) is 0 Å². The standard InChI is InChI=1S/C15H24N4O2/c1-5-14-10(2)17-11(3)18-15(14)16-8-13-9-19(12(4)20)6-7-21-13/h13H,5-9H2,1-4H3,(H,16,17,18)/t13-/m0/s1. The van der Waals surface area contributed by atoms with Crippen molar-refractivity contribution in [2.24, 2.45) is 0 Å². The molecule has 1 fully saturated rings. The number of morpholine rings is 1. The summed E-state index contributed by atoms with van der Waals surface area (Å²) in [7, 11) is 0. The summed E-state index contributed by atoms with van der Waals surface area (Å²) in [6.45, 7) is 10.1. The highest BCUT2D eigenvalue weighted by atomic mass is 16.5. The molecule has 0 radical (unpaired) electrons. The van der Waals surface area contributed by atoms with E-state index in [9.17, 15) is 4.79 Å². The fourth-order valence-corrected chi connectivity index (χ4v) is 2.64. The molecule has 0 bridgehead atoms. The van der Waals surface area contributed by atoms with Crippen molar-refractivity contribution in [3.8, 4) is 0 Å². The lowest BCUT2D eigenvalue weighted by Crippen LogP contribution is -2.47. The lowest BCUT2D eigenvalue weighted by molar-refractivity contribution is -0.135. The van der Waals surface area contributed by atoms with Gasteiger partial charge in [0, 0.05) is 37.8 Å². The van der Waals surface area contributed by atoms with Gasteiger partial charge in [-0.25, -0.2) is 9.97 Å². The third-order valence-corrected chi connectivity index (χ3v) is 3.76. The Morgan fingerprint density at radius 1 is 1.43 bits per heavy atom. The van der Waals surface area contributed by atoms with Crippen LogP contribution in [-0.4, -0.2) is 53.1 Å². The lowest BCUT2D eigenvalue weighted by Gasteiger charge is -2.32. The van der Waals surface area contributed by atoms with Gasteiger partial charge in [-0.15, -0.1) is 0 Å². The van der Waals surface area contributed by atoms with E-state index in [1.807, 2.05) is 18.7 Å². The van der Waals surface area contributed by atoms with Crippen LogP contribution in [0.1, 0.15) is 30.9 Å². The number of amides is 1. The number of aromatic nitrogens is 2. The van der Waals surface area contributed by atoms with Crippen molar-refractivity contribution in [1.82, 2.24) is 14.9 Å². The number of nitrogens with zero attached hydrogens (tertiary/aromatic N) is 3. The Labute approximate surface area is 125 Å². The summed E-state index contributed by atoms with van der Waals surface area (Å²) in [6, 6.07) is 0. The Kier molecular flexibility index (Phi) is 5.12. The first-order valence-electron chi connectivity index (χ1n) is 7.46. The van der Waals surface area contributed by atoms with Gasteiger partial charge in [0.15, 0.2) is 0 Å². The van der Waals surface area contributed by atoms with E-state index in [2.05, 4.69) is 22.2 Å². The molecule has 6 heteroatoms. The molecule has 2 rings (SSSR count). The van der Waals surface area contributed by atoms with Gasteiger partial charge in [0.2, 0.25) is 5.91 Å². The highest BCUT2D eigenvalue weighted by molar-refractivity contribution is 5.73. The summed E-state index contributed by atoms with van der Waals surface area (Å²) in [6.07, 6.45) is 0.891. The molecule has 1 aliphatic rings. The van der Waals surface area contributed by atoms with Gasteiger partial charge in [0.05, 0.1) is 12.7 Å². The normalized spacial score (nSPS) is 18.7. The van der Waals surface area contributed by atoms with Crippen LogP contribution in [0.15, 0.2) is 0 Å². The van der Waals surface area contributed by atoms with Gasteiger partial charge in [-0.1, -0.05) is 6.92 Å². The summed E-state index contributed by atoms with van der Waals surface area (Å²) in [5.41, 5.74) is 2.15. The molecule has 1 amide bonds. The van der Waals surface area contributed by atoms with Crippen LogP contribution in [0.25, 0.3) is 0 Å². The summed E-state index contributed by atoms with van der Waals surface area (Å²) >= 11 is 0. The zero-order valence-electron chi connectivity index (χ0n) is 13.3. The number of ether oxygens (including phenoxy) is 1. The predicted molar refractivity (Wildman–Crippen MR) is 81.4 cm³/mol. The molecule has 1 N–H and O–H groups in total. The molecule has 1 aliphatic heterocycles. The van der Waals surface area contributed by atoms with Crippen LogP contribution in [0.4, 0.5) is 5.82 Å². The van der Waals surface area contributed by atoms with Crippen LogP contribution in [0, 0.1) is 13.8 Å². The van der Waals surface area contributed by atoms with Gasteiger partial charge in [-0.2, -0.15) is 0 Å². The number of hydrogen-bond acceptors (Lipinski definition) is 5. The van der Waals surface area contributed by atoms with E-state index in [4.69, 9.17) is 4.74 Å².